The van der Waals surface area contributed by atoms with Gasteiger partial charge in [-0.3, -0.25) is 4.79 Å². The first-order chi connectivity index (χ1) is 14.0. The maximum Gasteiger partial charge on any atom is 0.276 e. The summed E-state index contributed by atoms with van der Waals surface area (Å²) in [4.78, 5) is 15.2. The molecule has 0 radical (unpaired) electrons. The van der Waals surface area contributed by atoms with Crippen LogP contribution in [-0.4, -0.2) is 36.7 Å². The van der Waals surface area contributed by atoms with Crippen molar-refractivity contribution in [2.45, 2.75) is 26.3 Å². The summed E-state index contributed by atoms with van der Waals surface area (Å²) in [7, 11) is 3.25. The molecule has 0 N–H and O–H groups in total. The Hall–Kier alpha value is -3.22. The third kappa shape index (κ3) is 3.37. The van der Waals surface area contributed by atoms with E-state index in [1.54, 1.807) is 38.7 Å². The second-order valence-electron chi connectivity index (χ2n) is 7.40. The van der Waals surface area contributed by atoms with Crippen molar-refractivity contribution in [1.82, 2.24) is 10.1 Å². The molecular weight excluding hydrogens is 372 g/mol. The molecule has 1 aliphatic heterocycles. The van der Waals surface area contributed by atoms with Crippen LogP contribution in [0.4, 0.5) is 0 Å². The zero-order valence-electron chi connectivity index (χ0n) is 17.0. The molecule has 0 bridgehead atoms. The van der Waals surface area contributed by atoms with Crippen LogP contribution in [-0.2, 0) is 6.42 Å². The molecule has 152 valence electrons. The number of furan rings is 1. The van der Waals surface area contributed by atoms with Crippen LogP contribution in [0.2, 0.25) is 0 Å². The van der Waals surface area contributed by atoms with Crippen LogP contribution >= 0.6 is 0 Å². The van der Waals surface area contributed by atoms with Gasteiger partial charge in [-0.1, -0.05) is 19.0 Å². The molecule has 1 aromatic carbocycles. The predicted octanol–water partition coefficient (Wildman–Crippen LogP) is 4.35. The number of fused-ring (bicyclic) bond motifs is 1. The Morgan fingerprint density at radius 2 is 1.93 bits per heavy atom. The number of hydrogen-bond acceptors (Lipinski definition) is 6. The molecule has 1 unspecified atom stereocenters. The van der Waals surface area contributed by atoms with Crippen LogP contribution in [0.15, 0.2) is 45.5 Å². The van der Waals surface area contributed by atoms with Gasteiger partial charge in [-0.2, -0.15) is 0 Å². The molecule has 0 aliphatic carbocycles. The largest absolute Gasteiger partial charge is 0.493 e. The number of ether oxygens (including phenoxy) is 2. The van der Waals surface area contributed by atoms with Gasteiger partial charge in [0.05, 0.1) is 26.5 Å². The lowest BCUT2D eigenvalue weighted by atomic mass is 9.85. The molecule has 4 rings (SSSR count). The minimum Gasteiger partial charge on any atom is -0.493 e. The van der Waals surface area contributed by atoms with Crippen molar-refractivity contribution in [3.8, 4) is 23.0 Å². The summed E-state index contributed by atoms with van der Waals surface area (Å²) in [5.41, 5.74) is 2.51. The molecule has 0 spiro atoms. The Balaban J connectivity index is 1.69. The fourth-order valence-corrected chi connectivity index (χ4v) is 3.98. The highest BCUT2D eigenvalue weighted by Crippen LogP contribution is 2.41. The first-order valence-corrected chi connectivity index (χ1v) is 9.59. The average molecular weight is 396 g/mol. The Morgan fingerprint density at radius 1 is 1.17 bits per heavy atom. The van der Waals surface area contributed by atoms with Crippen molar-refractivity contribution >= 4 is 5.91 Å². The molecular formula is C22H24N2O5. The van der Waals surface area contributed by atoms with Crippen LogP contribution in [0.5, 0.6) is 11.5 Å². The number of hydrogen-bond donors (Lipinski definition) is 0. The van der Waals surface area contributed by atoms with Gasteiger partial charge in [0.15, 0.2) is 23.0 Å². The van der Waals surface area contributed by atoms with Gasteiger partial charge >= 0.3 is 0 Å². The number of amides is 1. The number of carbonyl (C=O) groups excluding carboxylic acids is 1. The van der Waals surface area contributed by atoms with E-state index < -0.39 is 0 Å². The Bertz CT molecular complexity index is 1010. The van der Waals surface area contributed by atoms with Gasteiger partial charge < -0.3 is 23.3 Å². The maximum absolute atomic E-state index is 13.3. The van der Waals surface area contributed by atoms with Crippen LogP contribution in [0, 0.1) is 5.92 Å². The smallest absolute Gasteiger partial charge is 0.276 e. The van der Waals surface area contributed by atoms with Crippen molar-refractivity contribution in [1.29, 1.82) is 0 Å². The molecule has 2 aromatic heterocycles. The minimum atomic E-state index is -0.161. The van der Waals surface area contributed by atoms with Gasteiger partial charge in [0.2, 0.25) is 5.76 Å². The molecule has 1 amide bonds. The summed E-state index contributed by atoms with van der Waals surface area (Å²) in [6.07, 6.45) is 2.28. The molecule has 0 saturated carbocycles. The summed E-state index contributed by atoms with van der Waals surface area (Å²) in [5, 5.41) is 3.99. The first-order valence-electron chi connectivity index (χ1n) is 9.59. The standard InChI is InChI=1S/C22H24N2O5/c1-13(2)21-15-11-19(27-4)18(26-3)10-14(15)7-8-24(21)22(25)16-12-20(29-23-16)17-6-5-9-28-17/h5-6,9-13,21H,7-8H2,1-4H3. The summed E-state index contributed by atoms with van der Waals surface area (Å²) < 4.78 is 21.6. The van der Waals surface area contributed by atoms with Gasteiger partial charge in [-0.05, 0) is 47.7 Å². The summed E-state index contributed by atoms with van der Waals surface area (Å²) >= 11 is 0. The van der Waals surface area contributed by atoms with Crippen molar-refractivity contribution in [2.75, 3.05) is 20.8 Å². The summed E-state index contributed by atoms with van der Waals surface area (Å²) in [6, 6.07) is 9.05. The second-order valence-corrected chi connectivity index (χ2v) is 7.40. The highest BCUT2D eigenvalue weighted by molar-refractivity contribution is 5.93. The number of methoxy groups -OCH3 is 2. The zero-order valence-corrected chi connectivity index (χ0v) is 17.0. The molecule has 3 heterocycles. The Labute approximate surface area is 169 Å². The molecule has 7 nitrogen and oxygen atoms in total. The van der Waals surface area contributed by atoms with E-state index in [-0.39, 0.29) is 23.6 Å². The number of nitrogens with zero attached hydrogens (tertiary/aromatic N) is 2. The normalized spacial score (nSPS) is 16.0. The van der Waals surface area contributed by atoms with Crippen molar-refractivity contribution in [2.24, 2.45) is 5.92 Å². The Kier molecular flexibility index (Phi) is 5.05. The molecule has 0 fully saturated rings. The highest BCUT2D eigenvalue weighted by atomic mass is 16.5. The summed E-state index contributed by atoms with van der Waals surface area (Å²) in [6.45, 7) is 4.80. The molecule has 7 heteroatoms. The number of benzene rings is 1. The van der Waals surface area contributed by atoms with E-state index in [1.165, 1.54) is 5.56 Å². The third-order valence-electron chi connectivity index (χ3n) is 5.31. The van der Waals surface area contributed by atoms with Crippen LogP contribution in [0.1, 0.15) is 41.5 Å². The number of carbonyl (C=O) groups is 1. The van der Waals surface area contributed by atoms with Gasteiger partial charge in [-0.15, -0.1) is 0 Å². The van der Waals surface area contributed by atoms with E-state index in [2.05, 4.69) is 19.0 Å². The fraction of sp³-hybridized carbons (Fsp3) is 0.364. The van der Waals surface area contributed by atoms with Gasteiger partial charge in [0.25, 0.3) is 5.91 Å². The minimum absolute atomic E-state index is 0.102. The van der Waals surface area contributed by atoms with E-state index in [4.69, 9.17) is 18.4 Å². The Morgan fingerprint density at radius 3 is 2.59 bits per heavy atom. The third-order valence-corrected chi connectivity index (χ3v) is 5.31. The van der Waals surface area contributed by atoms with Gasteiger partial charge in [0, 0.05) is 12.6 Å². The van der Waals surface area contributed by atoms with Gasteiger partial charge in [0.1, 0.15) is 0 Å². The summed E-state index contributed by atoms with van der Waals surface area (Å²) in [5.74, 6) is 2.38. The topological polar surface area (TPSA) is 77.9 Å². The predicted molar refractivity (Wildman–Crippen MR) is 106 cm³/mol. The van der Waals surface area contributed by atoms with Crippen molar-refractivity contribution in [3.05, 3.63) is 53.4 Å². The molecule has 29 heavy (non-hydrogen) atoms. The molecule has 0 saturated heterocycles. The average Bonchev–Trinajstić information content (AvgIpc) is 3.42. The molecule has 1 aliphatic rings. The van der Waals surface area contributed by atoms with E-state index in [0.717, 1.165) is 12.0 Å². The van der Waals surface area contributed by atoms with Crippen LogP contribution in [0.25, 0.3) is 11.5 Å². The monoisotopic (exact) mass is 396 g/mol. The van der Waals surface area contributed by atoms with Crippen LogP contribution in [0.3, 0.4) is 0 Å². The molecule has 1 atom stereocenters. The van der Waals surface area contributed by atoms with E-state index in [9.17, 15) is 4.79 Å². The second kappa shape index (κ2) is 7.66. The lowest BCUT2D eigenvalue weighted by molar-refractivity contribution is 0.0592. The zero-order chi connectivity index (χ0) is 20.5. The SMILES string of the molecule is COc1cc2c(cc1OC)C(C(C)C)N(C(=O)c1cc(-c3ccco3)on1)CC2. The van der Waals surface area contributed by atoms with Gasteiger partial charge in [-0.25, -0.2) is 0 Å². The lowest BCUT2D eigenvalue weighted by Gasteiger charge is -2.39. The quantitative estimate of drug-likeness (QED) is 0.638. The van der Waals surface area contributed by atoms with Crippen molar-refractivity contribution in [3.63, 3.8) is 0 Å². The maximum atomic E-state index is 13.3. The van der Waals surface area contributed by atoms with E-state index in [0.29, 0.717) is 29.6 Å². The highest BCUT2D eigenvalue weighted by Gasteiger charge is 2.35. The lowest BCUT2D eigenvalue weighted by Crippen LogP contribution is -2.42. The number of aromatic nitrogens is 1. The van der Waals surface area contributed by atoms with E-state index >= 15 is 0 Å². The molecule has 3 aromatic rings. The first kappa shape index (κ1) is 19.1. The fourth-order valence-electron chi connectivity index (χ4n) is 3.98. The van der Waals surface area contributed by atoms with E-state index in [1.807, 2.05) is 17.0 Å². The number of rotatable bonds is 5. The van der Waals surface area contributed by atoms with Crippen LogP contribution < -0.4 is 9.47 Å². The van der Waals surface area contributed by atoms with Crippen molar-refractivity contribution < 1.29 is 23.2 Å².